The van der Waals surface area contributed by atoms with E-state index in [1.54, 1.807) is 0 Å². The van der Waals surface area contributed by atoms with Crippen molar-refractivity contribution in [1.82, 2.24) is 9.80 Å². The molecule has 1 aromatic carbocycles. The van der Waals surface area contributed by atoms with Crippen LogP contribution in [0.1, 0.15) is 56.1 Å². The largest absolute Gasteiger partial charge is 0.493 e. The molecule has 26 heavy (non-hydrogen) atoms. The zero-order valence-electron chi connectivity index (χ0n) is 16.5. The molecule has 1 saturated heterocycles. The number of carbonyl (C=O) groups is 1. The van der Waals surface area contributed by atoms with E-state index in [0.717, 1.165) is 50.8 Å². The highest BCUT2D eigenvalue weighted by atomic mass is 16.5. The molecule has 1 aliphatic carbocycles. The smallest absolute Gasteiger partial charge is 0.222 e. The lowest BCUT2D eigenvalue weighted by molar-refractivity contribution is -0.133. The second kappa shape index (κ2) is 9.40. The summed E-state index contributed by atoms with van der Waals surface area (Å²) in [5.74, 6) is 1.29. The van der Waals surface area contributed by atoms with Gasteiger partial charge < -0.3 is 9.64 Å². The summed E-state index contributed by atoms with van der Waals surface area (Å²) in [7, 11) is 0. The van der Waals surface area contributed by atoms with Crippen LogP contribution in [-0.2, 0) is 4.79 Å². The Morgan fingerprint density at radius 2 is 1.81 bits per heavy atom. The minimum atomic E-state index is 0.322. The van der Waals surface area contributed by atoms with Gasteiger partial charge in [-0.25, -0.2) is 0 Å². The number of aryl methyl sites for hydroxylation is 2. The Bertz CT molecular complexity index is 588. The number of amides is 1. The average Bonchev–Trinajstić information content (AvgIpc) is 3.19. The molecule has 1 aliphatic heterocycles. The van der Waals surface area contributed by atoms with Gasteiger partial charge in [0, 0.05) is 38.6 Å². The van der Waals surface area contributed by atoms with E-state index >= 15 is 0 Å². The Labute approximate surface area is 158 Å². The summed E-state index contributed by atoms with van der Waals surface area (Å²) in [4.78, 5) is 17.1. The van der Waals surface area contributed by atoms with Crippen LogP contribution in [0.2, 0.25) is 0 Å². The first-order chi connectivity index (χ1) is 12.6. The molecule has 0 spiro atoms. The van der Waals surface area contributed by atoms with E-state index in [9.17, 15) is 4.79 Å². The molecule has 0 atom stereocenters. The van der Waals surface area contributed by atoms with Crippen LogP contribution in [0.3, 0.4) is 0 Å². The summed E-state index contributed by atoms with van der Waals surface area (Å²) in [5.41, 5.74) is 2.39. The second-order valence-electron chi connectivity index (χ2n) is 7.93. The SMILES string of the molecule is Cc1ccc(C)c(OCCCCC(=O)N2CCN(C3CCCC3)CC2)c1. The maximum absolute atomic E-state index is 12.4. The first kappa shape index (κ1) is 19.2. The number of rotatable bonds is 7. The highest BCUT2D eigenvalue weighted by Gasteiger charge is 2.27. The van der Waals surface area contributed by atoms with Gasteiger partial charge in [0.25, 0.3) is 0 Å². The molecule has 0 bridgehead atoms. The zero-order valence-corrected chi connectivity index (χ0v) is 16.5. The second-order valence-corrected chi connectivity index (χ2v) is 7.93. The van der Waals surface area contributed by atoms with Gasteiger partial charge in [0.2, 0.25) is 5.91 Å². The summed E-state index contributed by atoms with van der Waals surface area (Å²) in [6, 6.07) is 7.08. The molecule has 1 aromatic rings. The highest BCUT2D eigenvalue weighted by molar-refractivity contribution is 5.76. The zero-order chi connectivity index (χ0) is 18.4. The summed E-state index contributed by atoms with van der Waals surface area (Å²) in [6.07, 6.45) is 7.97. The van der Waals surface area contributed by atoms with E-state index in [0.29, 0.717) is 18.9 Å². The fourth-order valence-electron chi connectivity index (χ4n) is 4.19. The number of unbranched alkanes of at least 4 members (excludes halogenated alkanes) is 1. The van der Waals surface area contributed by atoms with E-state index in [4.69, 9.17) is 4.74 Å². The highest BCUT2D eigenvalue weighted by Crippen LogP contribution is 2.24. The third kappa shape index (κ3) is 5.23. The quantitative estimate of drug-likeness (QED) is 0.692. The van der Waals surface area contributed by atoms with Crippen LogP contribution < -0.4 is 4.74 Å². The fourth-order valence-corrected chi connectivity index (χ4v) is 4.19. The van der Waals surface area contributed by atoms with E-state index in [-0.39, 0.29) is 0 Å². The molecule has 0 radical (unpaired) electrons. The molecule has 0 N–H and O–H groups in total. The molecule has 3 rings (SSSR count). The van der Waals surface area contributed by atoms with Crippen LogP contribution >= 0.6 is 0 Å². The molecule has 1 saturated carbocycles. The van der Waals surface area contributed by atoms with E-state index in [1.165, 1.54) is 36.8 Å². The first-order valence-corrected chi connectivity index (χ1v) is 10.4. The van der Waals surface area contributed by atoms with Gasteiger partial charge in [0.15, 0.2) is 0 Å². The number of hydrogen-bond acceptors (Lipinski definition) is 3. The van der Waals surface area contributed by atoms with Crippen molar-refractivity contribution in [2.45, 2.75) is 64.8 Å². The van der Waals surface area contributed by atoms with Crippen LogP contribution in [0.4, 0.5) is 0 Å². The Kier molecular flexibility index (Phi) is 6.95. The molecular weight excluding hydrogens is 324 g/mol. The number of hydrogen-bond donors (Lipinski definition) is 0. The molecule has 2 aliphatic rings. The molecule has 2 fully saturated rings. The normalized spacial score (nSPS) is 19.1. The van der Waals surface area contributed by atoms with Crippen molar-refractivity contribution in [2.75, 3.05) is 32.8 Å². The summed E-state index contributed by atoms with van der Waals surface area (Å²) in [5, 5.41) is 0. The standard InChI is InChI=1S/C22H34N2O2/c1-18-10-11-19(2)21(17-18)26-16-6-5-9-22(25)24-14-12-23(13-15-24)20-7-3-4-8-20/h10-11,17,20H,3-9,12-16H2,1-2H3. The van der Waals surface area contributed by atoms with Gasteiger partial charge >= 0.3 is 0 Å². The summed E-state index contributed by atoms with van der Waals surface area (Å²) >= 11 is 0. The van der Waals surface area contributed by atoms with Gasteiger partial charge in [-0.1, -0.05) is 25.0 Å². The molecule has 1 amide bonds. The van der Waals surface area contributed by atoms with Crippen molar-refractivity contribution in [2.24, 2.45) is 0 Å². The van der Waals surface area contributed by atoms with Crippen LogP contribution in [0, 0.1) is 13.8 Å². The summed E-state index contributed by atoms with van der Waals surface area (Å²) < 4.78 is 5.88. The number of piperazine rings is 1. The Hall–Kier alpha value is -1.55. The lowest BCUT2D eigenvalue weighted by Gasteiger charge is -2.38. The lowest BCUT2D eigenvalue weighted by atomic mass is 10.1. The number of nitrogens with zero attached hydrogens (tertiary/aromatic N) is 2. The third-order valence-corrected chi connectivity index (χ3v) is 5.89. The van der Waals surface area contributed by atoms with E-state index in [2.05, 4.69) is 41.8 Å². The van der Waals surface area contributed by atoms with Crippen LogP contribution in [-0.4, -0.2) is 54.5 Å². The van der Waals surface area contributed by atoms with Gasteiger partial charge in [-0.15, -0.1) is 0 Å². The van der Waals surface area contributed by atoms with Gasteiger partial charge in [-0.2, -0.15) is 0 Å². The monoisotopic (exact) mass is 358 g/mol. The summed E-state index contributed by atoms with van der Waals surface area (Å²) in [6.45, 7) is 8.79. The average molecular weight is 359 g/mol. The number of carbonyl (C=O) groups excluding carboxylic acids is 1. The minimum Gasteiger partial charge on any atom is -0.493 e. The van der Waals surface area contributed by atoms with E-state index < -0.39 is 0 Å². The van der Waals surface area contributed by atoms with Gasteiger partial charge in [0.1, 0.15) is 5.75 Å². The van der Waals surface area contributed by atoms with E-state index in [1.807, 2.05) is 0 Å². The van der Waals surface area contributed by atoms with Gasteiger partial charge in [0.05, 0.1) is 6.61 Å². The molecule has 4 heteroatoms. The van der Waals surface area contributed by atoms with Crippen molar-refractivity contribution in [3.63, 3.8) is 0 Å². The van der Waals surface area contributed by atoms with Crippen molar-refractivity contribution < 1.29 is 9.53 Å². The maximum Gasteiger partial charge on any atom is 0.222 e. The van der Waals surface area contributed by atoms with Crippen LogP contribution in [0.5, 0.6) is 5.75 Å². The third-order valence-electron chi connectivity index (χ3n) is 5.89. The first-order valence-electron chi connectivity index (χ1n) is 10.4. The number of ether oxygens (including phenoxy) is 1. The molecule has 0 unspecified atom stereocenters. The molecule has 144 valence electrons. The predicted molar refractivity (Wildman–Crippen MR) is 106 cm³/mol. The Morgan fingerprint density at radius 1 is 1.08 bits per heavy atom. The fraction of sp³-hybridized carbons (Fsp3) is 0.682. The Balaban J connectivity index is 1.30. The minimum absolute atomic E-state index is 0.322. The predicted octanol–water partition coefficient (Wildman–Crippen LogP) is 3.94. The molecule has 0 aromatic heterocycles. The molecule has 1 heterocycles. The van der Waals surface area contributed by atoms with Crippen molar-refractivity contribution in [1.29, 1.82) is 0 Å². The van der Waals surface area contributed by atoms with Crippen LogP contribution in [0.25, 0.3) is 0 Å². The topological polar surface area (TPSA) is 32.8 Å². The Morgan fingerprint density at radius 3 is 2.54 bits per heavy atom. The van der Waals surface area contributed by atoms with Crippen molar-refractivity contribution >= 4 is 5.91 Å². The maximum atomic E-state index is 12.4. The lowest BCUT2D eigenvalue weighted by Crippen LogP contribution is -2.51. The van der Waals surface area contributed by atoms with Crippen LogP contribution in [0.15, 0.2) is 18.2 Å². The number of benzene rings is 1. The van der Waals surface area contributed by atoms with Crippen molar-refractivity contribution in [3.05, 3.63) is 29.3 Å². The molecule has 4 nitrogen and oxygen atoms in total. The van der Waals surface area contributed by atoms with Crippen molar-refractivity contribution in [3.8, 4) is 5.75 Å². The van der Waals surface area contributed by atoms with Gasteiger partial charge in [-0.3, -0.25) is 9.69 Å². The van der Waals surface area contributed by atoms with Gasteiger partial charge in [-0.05, 0) is 56.7 Å². The molecular formula is C22H34N2O2.